The lowest BCUT2D eigenvalue weighted by Gasteiger charge is -2.51. The van der Waals surface area contributed by atoms with Gasteiger partial charge in [-0.1, -0.05) is 6.07 Å². The maximum absolute atomic E-state index is 12.4. The summed E-state index contributed by atoms with van der Waals surface area (Å²) in [7, 11) is 0. The molecule has 138 valence electrons. The van der Waals surface area contributed by atoms with Crippen molar-refractivity contribution in [3.63, 3.8) is 0 Å². The molecule has 1 saturated heterocycles. The standard InChI is InChI=1S/C16H16N2O6S2/c1-8(19)24-6-9-7-26-15-12(14(21)18(15)13(9)16(22)23)17-11(20)5-10-3-2-4-25-10/h2-4,7,12-13,15H,5-6H2,1H3,(H,17,20)(H,22,23)/t12-,13?,15-/m1/s1. The molecule has 2 N–H and O–H groups in total. The molecule has 0 radical (unpaired) electrons. The fourth-order valence-corrected chi connectivity index (χ4v) is 4.72. The molecule has 1 aromatic heterocycles. The zero-order valence-corrected chi connectivity index (χ0v) is 15.3. The van der Waals surface area contributed by atoms with Crippen molar-refractivity contribution in [1.29, 1.82) is 0 Å². The topological polar surface area (TPSA) is 113 Å². The van der Waals surface area contributed by atoms with E-state index < -0.39 is 35.3 Å². The van der Waals surface area contributed by atoms with E-state index in [9.17, 15) is 24.3 Å². The molecule has 1 aromatic rings. The van der Waals surface area contributed by atoms with Crippen LogP contribution < -0.4 is 5.32 Å². The van der Waals surface area contributed by atoms with Gasteiger partial charge in [-0.3, -0.25) is 14.4 Å². The molecule has 2 aliphatic heterocycles. The zero-order valence-electron chi connectivity index (χ0n) is 13.7. The molecule has 3 atom stereocenters. The van der Waals surface area contributed by atoms with Crippen LogP contribution in [0.25, 0.3) is 0 Å². The molecule has 10 heteroatoms. The Morgan fingerprint density at radius 2 is 2.15 bits per heavy atom. The average molecular weight is 396 g/mol. The molecule has 2 aliphatic rings. The van der Waals surface area contributed by atoms with E-state index in [1.54, 1.807) is 5.41 Å². The van der Waals surface area contributed by atoms with Gasteiger partial charge in [-0.15, -0.1) is 23.1 Å². The number of carbonyl (C=O) groups excluding carboxylic acids is 3. The molecule has 0 aromatic carbocycles. The number of hydrogen-bond acceptors (Lipinski definition) is 7. The van der Waals surface area contributed by atoms with E-state index in [0.717, 1.165) is 4.88 Å². The van der Waals surface area contributed by atoms with Crippen LogP contribution in [0.5, 0.6) is 0 Å². The van der Waals surface area contributed by atoms with Gasteiger partial charge in [0, 0.05) is 17.4 Å². The van der Waals surface area contributed by atoms with Crippen molar-refractivity contribution >= 4 is 46.9 Å². The van der Waals surface area contributed by atoms with Crippen molar-refractivity contribution in [3.05, 3.63) is 33.4 Å². The van der Waals surface area contributed by atoms with Crippen molar-refractivity contribution in [3.8, 4) is 0 Å². The Balaban J connectivity index is 1.67. The molecule has 3 heterocycles. The Labute approximate surface area is 157 Å². The first-order chi connectivity index (χ1) is 12.4. The second-order valence-corrected chi connectivity index (χ2v) is 7.81. The number of β-lactam (4-membered cyclic amide) rings is 1. The summed E-state index contributed by atoms with van der Waals surface area (Å²) in [6, 6.07) is 1.71. The van der Waals surface area contributed by atoms with Gasteiger partial charge in [-0.25, -0.2) is 4.79 Å². The summed E-state index contributed by atoms with van der Waals surface area (Å²) in [6.45, 7) is 1.04. The minimum absolute atomic E-state index is 0.175. The molecular weight excluding hydrogens is 380 g/mol. The Morgan fingerprint density at radius 1 is 1.38 bits per heavy atom. The SMILES string of the molecule is CC(=O)OCC1=CS[C@@H]2[C@H](NC(=O)Cc3cccs3)C(=O)N2C1C(=O)O. The van der Waals surface area contributed by atoms with Crippen LogP contribution in [0.4, 0.5) is 0 Å². The van der Waals surface area contributed by atoms with Gasteiger partial charge in [-0.2, -0.15) is 0 Å². The predicted molar refractivity (Wildman–Crippen MR) is 94.3 cm³/mol. The number of thioether (sulfide) groups is 1. The molecule has 1 fully saturated rings. The van der Waals surface area contributed by atoms with E-state index >= 15 is 0 Å². The van der Waals surface area contributed by atoms with Crippen molar-refractivity contribution in [2.24, 2.45) is 0 Å². The number of hydrogen-bond donors (Lipinski definition) is 2. The van der Waals surface area contributed by atoms with Crippen LogP contribution >= 0.6 is 23.1 Å². The molecule has 26 heavy (non-hydrogen) atoms. The number of thiophene rings is 1. The summed E-state index contributed by atoms with van der Waals surface area (Å²) in [5.41, 5.74) is 0.325. The van der Waals surface area contributed by atoms with Crippen LogP contribution in [0, 0.1) is 0 Å². The number of nitrogens with zero attached hydrogens (tertiary/aromatic N) is 1. The lowest BCUT2D eigenvalue weighted by molar-refractivity contribution is -0.160. The van der Waals surface area contributed by atoms with E-state index in [2.05, 4.69) is 5.32 Å². The van der Waals surface area contributed by atoms with Gasteiger partial charge >= 0.3 is 11.9 Å². The largest absolute Gasteiger partial charge is 0.479 e. The first-order valence-electron chi connectivity index (χ1n) is 7.73. The van der Waals surface area contributed by atoms with Crippen molar-refractivity contribution in [2.75, 3.05) is 6.61 Å². The summed E-state index contributed by atoms with van der Waals surface area (Å²) in [5, 5.41) is 15.1. The smallest absolute Gasteiger partial charge is 0.330 e. The third kappa shape index (κ3) is 3.61. The van der Waals surface area contributed by atoms with Crippen molar-refractivity contribution < 1.29 is 29.0 Å². The third-order valence-electron chi connectivity index (χ3n) is 3.98. The Kier molecular flexibility index (Phi) is 5.33. The highest BCUT2D eigenvalue weighted by atomic mass is 32.2. The fraction of sp³-hybridized carbons (Fsp3) is 0.375. The number of nitrogens with one attached hydrogen (secondary N) is 1. The molecule has 1 unspecified atom stereocenters. The summed E-state index contributed by atoms with van der Waals surface area (Å²) < 4.78 is 4.86. The summed E-state index contributed by atoms with van der Waals surface area (Å²) >= 11 is 2.68. The van der Waals surface area contributed by atoms with E-state index in [-0.39, 0.29) is 18.9 Å². The molecule has 2 amide bonds. The highest BCUT2D eigenvalue weighted by Gasteiger charge is 2.55. The van der Waals surface area contributed by atoms with Gasteiger partial charge in [0.25, 0.3) is 0 Å². The Hall–Kier alpha value is -2.33. The first kappa shape index (κ1) is 18.5. The van der Waals surface area contributed by atoms with Crippen LogP contribution in [0.1, 0.15) is 11.8 Å². The fourth-order valence-electron chi connectivity index (χ4n) is 2.81. The van der Waals surface area contributed by atoms with Gasteiger partial charge in [0.1, 0.15) is 18.0 Å². The minimum atomic E-state index is -1.20. The summed E-state index contributed by atoms with van der Waals surface area (Å²) in [5.74, 6) is -2.48. The molecule has 0 saturated carbocycles. The van der Waals surface area contributed by atoms with Crippen LogP contribution in [0.2, 0.25) is 0 Å². The van der Waals surface area contributed by atoms with E-state index in [4.69, 9.17) is 4.74 Å². The van der Waals surface area contributed by atoms with E-state index in [1.165, 1.54) is 34.9 Å². The summed E-state index contributed by atoms with van der Waals surface area (Å²) in [6.07, 6.45) is 0.175. The molecule has 8 nitrogen and oxygen atoms in total. The maximum atomic E-state index is 12.4. The lowest BCUT2D eigenvalue weighted by Crippen LogP contribution is -2.74. The molecule has 0 bridgehead atoms. The van der Waals surface area contributed by atoms with E-state index in [0.29, 0.717) is 5.57 Å². The van der Waals surface area contributed by atoms with Crippen molar-refractivity contribution in [2.45, 2.75) is 30.8 Å². The van der Waals surface area contributed by atoms with Gasteiger partial charge in [0.15, 0.2) is 6.04 Å². The normalized spacial score (nSPS) is 24.2. The average Bonchev–Trinajstić information content (AvgIpc) is 3.09. The number of rotatable bonds is 6. The van der Waals surface area contributed by atoms with Gasteiger partial charge in [0.05, 0.1) is 6.42 Å². The number of ether oxygens (including phenoxy) is 1. The monoisotopic (exact) mass is 396 g/mol. The molecular formula is C16H16N2O6S2. The number of fused-ring (bicyclic) bond motifs is 1. The van der Waals surface area contributed by atoms with Crippen LogP contribution in [-0.4, -0.2) is 57.8 Å². The predicted octanol–water partition coefficient (Wildman–Crippen LogP) is 0.591. The number of carboxylic acid groups (broad SMARTS) is 1. The van der Waals surface area contributed by atoms with Gasteiger partial charge < -0.3 is 20.1 Å². The quantitative estimate of drug-likeness (QED) is 0.534. The number of esters is 1. The lowest BCUT2D eigenvalue weighted by atomic mass is 9.98. The number of amides is 2. The Morgan fingerprint density at radius 3 is 2.77 bits per heavy atom. The maximum Gasteiger partial charge on any atom is 0.330 e. The summed E-state index contributed by atoms with van der Waals surface area (Å²) in [4.78, 5) is 49.2. The second kappa shape index (κ2) is 7.50. The highest BCUT2D eigenvalue weighted by molar-refractivity contribution is 8.02. The minimum Gasteiger partial charge on any atom is -0.479 e. The van der Waals surface area contributed by atoms with Gasteiger partial charge in [-0.05, 0) is 16.9 Å². The highest BCUT2D eigenvalue weighted by Crippen LogP contribution is 2.40. The van der Waals surface area contributed by atoms with Gasteiger partial charge in [0.2, 0.25) is 11.8 Å². The van der Waals surface area contributed by atoms with E-state index in [1.807, 2.05) is 17.5 Å². The molecule has 3 rings (SSSR count). The number of aliphatic carboxylic acids is 1. The number of carbonyl (C=O) groups is 4. The molecule has 0 spiro atoms. The van der Waals surface area contributed by atoms with Crippen molar-refractivity contribution in [1.82, 2.24) is 10.2 Å². The van der Waals surface area contributed by atoms with Crippen LogP contribution in [0.3, 0.4) is 0 Å². The Bertz CT molecular complexity index is 776. The third-order valence-corrected chi connectivity index (χ3v) is 6.07. The first-order valence-corrected chi connectivity index (χ1v) is 9.55. The molecule has 0 aliphatic carbocycles. The second-order valence-electron chi connectivity index (χ2n) is 5.79. The van der Waals surface area contributed by atoms with Crippen LogP contribution in [-0.2, 0) is 30.3 Å². The number of carboxylic acids is 1. The zero-order chi connectivity index (χ0) is 18.8. The van der Waals surface area contributed by atoms with Crippen LogP contribution in [0.15, 0.2) is 28.5 Å².